The number of carbonyl (C=O) groups excluding carboxylic acids is 1. The second-order valence-corrected chi connectivity index (χ2v) is 8.29. The Morgan fingerprint density at radius 1 is 1.06 bits per heavy atom. The fourth-order valence-corrected chi connectivity index (χ4v) is 4.31. The van der Waals surface area contributed by atoms with Crippen molar-refractivity contribution in [3.05, 3.63) is 111 Å². The van der Waals surface area contributed by atoms with Gasteiger partial charge >= 0.3 is 0 Å². The molecule has 1 amide bonds. The molecule has 9 nitrogen and oxygen atoms in total. The molecule has 1 atom stereocenters. The predicted molar refractivity (Wildman–Crippen MR) is 133 cm³/mol. The fraction of sp³-hybridized carbons (Fsp3) is 0.0800. The highest BCUT2D eigenvalue weighted by Gasteiger charge is 2.38. The number of nitrogens with zero attached hydrogens (tertiary/aromatic N) is 4. The second kappa shape index (κ2) is 9.03. The zero-order valence-electron chi connectivity index (χ0n) is 18.5. The van der Waals surface area contributed by atoms with Crippen molar-refractivity contribution >= 4 is 34.8 Å². The third-order valence-electron chi connectivity index (χ3n) is 5.67. The number of nitro groups is 1. The van der Waals surface area contributed by atoms with Gasteiger partial charge in [0.25, 0.3) is 11.6 Å². The van der Waals surface area contributed by atoms with Crippen molar-refractivity contribution in [1.82, 2.24) is 14.8 Å². The molecule has 0 spiro atoms. The highest BCUT2D eigenvalue weighted by atomic mass is 35.5. The van der Waals surface area contributed by atoms with E-state index in [1.54, 1.807) is 67.6 Å². The van der Waals surface area contributed by atoms with E-state index in [2.05, 4.69) is 20.7 Å². The van der Waals surface area contributed by atoms with Gasteiger partial charge in [-0.2, -0.15) is 4.98 Å². The maximum atomic E-state index is 13.5. The van der Waals surface area contributed by atoms with E-state index in [9.17, 15) is 14.9 Å². The molecular formula is C25H19ClN6O3. The molecule has 0 radical (unpaired) electrons. The van der Waals surface area contributed by atoms with Crippen LogP contribution < -0.4 is 10.6 Å². The number of amides is 1. The maximum absolute atomic E-state index is 13.5. The molecule has 5 rings (SSSR count). The number of halogens is 1. The lowest BCUT2D eigenvalue weighted by atomic mass is 9.93. The molecule has 4 aromatic rings. The number of carbonyl (C=O) groups is 1. The van der Waals surface area contributed by atoms with Crippen LogP contribution in [-0.4, -0.2) is 25.6 Å². The third kappa shape index (κ3) is 4.13. The van der Waals surface area contributed by atoms with Gasteiger partial charge in [0.05, 0.1) is 21.1 Å². The van der Waals surface area contributed by atoms with Crippen molar-refractivity contribution in [1.29, 1.82) is 0 Å². The Labute approximate surface area is 205 Å². The zero-order valence-corrected chi connectivity index (χ0v) is 19.2. The summed E-state index contributed by atoms with van der Waals surface area (Å²) in [6.07, 6.45) is 0. The first-order chi connectivity index (χ1) is 16.9. The summed E-state index contributed by atoms with van der Waals surface area (Å²) in [5.41, 5.74) is 2.18. The molecule has 0 fully saturated rings. The van der Waals surface area contributed by atoms with E-state index in [0.717, 1.165) is 0 Å². The summed E-state index contributed by atoms with van der Waals surface area (Å²) in [5, 5.41) is 23.0. The third-order valence-corrected chi connectivity index (χ3v) is 6.00. The van der Waals surface area contributed by atoms with Crippen molar-refractivity contribution in [2.24, 2.45) is 0 Å². The van der Waals surface area contributed by atoms with Crippen LogP contribution in [0.1, 0.15) is 18.5 Å². The molecular weight excluding hydrogens is 468 g/mol. The minimum atomic E-state index is -0.903. The molecule has 0 saturated heterocycles. The van der Waals surface area contributed by atoms with Gasteiger partial charge in [-0.3, -0.25) is 14.9 Å². The maximum Gasteiger partial charge on any atom is 0.275 e. The first-order valence-corrected chi connectivity index (χ1v) is 11.1. The van der Waals surface area contributed by atoms with E-state index in [1.165, 1.54) is 10.7 Å². The summed E-state index contributed by atoms with van der Waals surface area (Å²) in [5.74, 6) is 0.265. The number of benzene rings is 3. The smallest absolute Gasteiger partial charge is 0.275 e. The summed E-state index contributed by atoms with van der Waals surface area (Å²) in [6, 6.07) is 21.5. The molecule has 2 N–H and O–H groups in total. The lowest BCUT2D eigenvalue weighted by molar-refractivity contribution is -0.385. The van der Waals surface area contributed by atoms with E-state index >= 15 is 0 Å². The standard InChI is InChI=1S/C25H19ClN6O3/c1-15-21(24(33)28-16-9-3-2-4-10-16)22(18-12-6-8-14-20(18)32(34)35)31-25(27-15)29-23(30-31)17-11-5-7-13-19(17)26/h2-14,22H,1H3,(H,28,33)(H,27,29,30). The van der Waals surface area contributed by atoms with Crippen LogP contribution in [0.2, 0.25) is 5.02 Å². The van der Waals surface area contributed by atoms with Crippen LogP contribution in [-0.2, 0) is 4.79 Å². The minimum Gasteiger partial charge on any atom is -0.328 e. The van der Waals surface area contributed by atoms with Crippen molar-refractivity contribution in [3.8, 4) is 11.4 Å². The SMILES string of the molecule is CC1=C(C(=O)Nc2ccccc2)C(c2ccccc2[N+](=O)[O-])n2nc(-c3ccccc3Cl)nc2N1. The van der Waals surface area contributed by atoms with Gasteiger partial charge < -0.3 is 10.6 Å². The Bertz CT molecular complexity index is 1480. The average molecular weight is 487 g/mol. The van der Waals surface area contributed by atoms with Crippen LogP contribution in [0.15, 0.2) is 90.1 Å². The van der Waals surface area contributed by atoms with E-state index in [-0.39, 0.29) is 11.3 Å². The Kier molecular flexibility index (Phi) is 5.76. The number of nitrogens with one attached hydrogen (secondary N) is 2. The second-order valence-electron chi connectivity index (χ2n) is 7.89. The normalized spacial score (nSPS) is 14.7. The molecule has 0 saturated carbocycles. The van der Waals surface area contributed by atoms with Crippen LogP contribution in [0, 0.1) is 10.1 Å². The highest BCUT2D eigenvalue weighted by Crippen LogP contribution is 2.40. The molecule has 2 heterocycles. The number of allylic oxidation sites excluding steroid dienone is 1. The van der Waals surface area contributed by atoms with Crippen molar-refractivity contribution in [2.75, 3.05) is 10.6 Å². The number of para-hydroxylation sites is 2. The molecule has 10 heteroatoms. The lowest BCUT2D eigenvalue weighted by Crippen LogP contribution is -2.31. The lowest BCUT2D eigenvalue weighted by Gasteiger charge is -2.28. The van der Waals surface area contributed by atoms with Crippen molar-refractivity contribution in [2.45, 2.75) is 13.0 Å². The summed E-state index contributed by atoms with van der Waals surface area (Å²) >= 11 is 6.37. The Morgan fingerprint density at radius 2 is 1.74 bits per heavy atom. The van der Waals surface area contributed by atoms with E-state index in [4.69, 9.17) is 11.6 Å². The summed E-state index contributed by atoms with van der Waals surface area (Å²) < 4.78 is 1.49. The average Bonchev–Trinajstić information content (AvgIpc) is 3.27. The van der Waals surface area contributed by atoms with Crippen LogP contribution in [0.25, 0.3) is 11.4 Å². The summed E-state index contributed by atoms with van der Waals surface area (Å²) in [7, 11) is 0. The highest BCUT2D eigenvalue weighted by molar-refractivity contribution is 6.33. The largest absolute Gasteiger partial charge is 0.328 e. The molecule has 1 aliphatic rings. The van der Waals surface area contributed by atoms with E-state index in [0.29, 0.717) is 39.3 Å². The summed E-state index contributed by atoms with van der Waals surface area (Å²) in [6.45, 7) is 1.73. The number of nitro benzene ring substituents is 1. The number of hydrogen-bond acceptors (Lipinski definition) is 6. The predicted octanol–water partition coefficient (Wildman–Crippen LogP) is 5.43. The van der Waals surface area contributed by atoms with Crippen molar-refractivity contribution < 1.29 is 9.72 Å². The summed E-state index contributed by atoms with van der Waals surface area (Å²) in [4.78, 5) is 29.5. The first-order valence-electron chi connectivity index (χ1n) is 10.7. The van der Waals surface area contributed by atoms with Gasteiger partial charge in [0, 0.05) is 23.0 Å². The number of aromatic nitrogens is 3. The van der Waals surface area contributed by atoms with Gasteiger partial charge in [-0.15, -0.1) is 5.10 Å². The van der Waals surface area contributed by atoms with Gasteiger partial charge in [-0.25, -0.2) is 4.68 Å². The zero-order chi connectivity index (χ0) is 24.5. The van der Waals surface area contributed by atoms with E-state index in [1.807, 2.05) is 12.1 Å². The van der Waals surface area contributed by atoms with Gasteiger partial charge in [-0.1, -0.05) is 54.1 Å². The minimum absolute atomic E-state index is 0.127. The van der Waals surface area contributed by atoms with Gasteiger partial charge in [0.1, 0.15) is 6.04 Å². The molecule has 0 bridgehead atoms. The topological polar surface area (TPSA) is 115 Å². The van der Waals surface area contributed by atoms with Crippen molar-refractivity contribution in [3.63, 3.8) is 0 Å². The number of fused-ring (bicyclic) bond motifs is 1. The quantitative estimate of drug-likeness (QED) is 0.287. The van der Waals surface area contributed by atoms with Gasteiger partial charge in [0.15, 0.2) is 5.82 Å². The molecule has 35 heavy (non-hydrogen) atoms. The number of hydrogen-bond donors (Lipinski definition) is 2. The van der Waals surface area contributed by atoms with Gasteiger partial charge in [0.2, 0.25) is 5.95 Å². The van der Waals surface area contributed by atoms with Crippen LogP contribution in [0.4, 0.5) is 17.3 Å². The van der Waals surface area contributed by atoms with Crippen LogP contribution >= 0.6 is 11.6 Å². The molecule has 3 aromatic carbocycles. The van der Waals surface area contributed by atoms with E-state index < -0.39 is 16.9 Å². The molecule has 1 unspecified atom stereocenters. The molecule has 174 valence electrons. The number of anilines is 2. The van der Waals surface area contributed by atoms with Crippen LogP contribution in [0.3, 0.4) is 0 Å². The molecule has 0 aliphatic carbocycles. The Morgan fingerprint density at radius 3 is 2.49 bits per heavy atom. The Balaban J connectivity index is 1.68. The van der Waals surface area contributed by atoms with Crippen LogP contribution in [0.5, 0.6) is 0 Å². The van der Waals surface area contributed by atoms with Gasteiger partial charge in [-0.05, 0) is 37.3 Å². The Hall–Kier alpha value is -4.50. The fourth-order valence-electron chi connectivity index (χ4n) is 4.09. The monoisotopic (exact) mass is 486 g/mol. The molecule has 1 aromatic heterocycles. The first kappa shape index (κ1) is 22.3. The number of rotatable bonds is 5. The molecule has 1 aliphatic heterocycles.